The fourth-order valence-electron chi connectivity index (χ4n) is 1.67. The fourth-order valence-corrected chi connectivity index (χ4v) is 2.64. The molecular weight excluding hydrogens is 170 g/mol. The van der Waals surface area contributed by atoms with Crippen LogP contribution in [0.15, 0.2) is 11.4 Å². The van der Waals surface area contributed by atoms with E-state index in [1.807, 2.05) is 4.90 Å². The van der Waals surface area contributed by atoms with Gasteiger partial charge in [0.05, 0.1) is 6.04 Å². The molecule has 1 unspecified atom stereocenters. The van der Waals surface area contributed by atoms with Gasteiger partial charge >= 0.3 is 0 Å². The van der Waals surface area contributed by atoms with E-state index in [1.54, 1.807) is 11.3 Å². The van der Waals surface area contributed by atoms with Gasteiger partial charge in [-0.2, -0.15) is 0 Å². The topological polar surface area (TPSA) is 20.3 Å². The molecule has 0 bridgehead atoms. The van der Waals surface area contributed by atoms with E-state index in [-0.39, 0.29) is 6.04 Å². The zero-order chi connectivity index (χ0) is 8.55. The quantitative estimate of drug-likeness (QED) is 0.605. The lowest BCUT2D eigenvalue weighted by atomic mass is 10.0. The van der Waals surface area contributed by atoms with Crippen LogP contribution in [0.2, 0.25) is 0 Å². The lowest BCUT2D eigenvalue weighted by Crippen LogP contribution is -2.31. The maximum Gasteiger partial charge on any atom is 0.210 e. The summed E-state index contributed by atoms with van der Waals surface area (Å²) in [4.78, 5) is 13.9. The van der Waals surface area contributed by atoms with Gasteiger partial charge in [-0.1, -0.05) is 0 Å². The van der Waals surface area contributed by atoms with Crippen molar-refractivity contribution in [1.29, 1.82) is 0 Å². The Kier molecular flexibility index (Phi) is 1.89. The summed E-state index contributed by atoms with van der Waals surface area (Å²) in [5.41, 5.74) is 1.33. The highest BCUT2D eigenvalue weighted by Crippen LogP contribution is 2.31. The molecule has 0 saturated carbocycles. The Balaban J connectivity index is 2.34. The summed E-state index contributed by atoms with van der Waals surface area (Å²) in [6.07, 6.45) is 1.97. The second-order valence-electron chi connectivity index (χ2n) is 3.07. The Labute approximate surface area is 75.8 Å². The van der Waals surface area contributed by atoms with Gasteiger partial charge in [-0.15, -0.1) is 11.3 Å². The number of carbonyl (C=O) groups excluding carboxylic acids is 1. The summed E-state index contributed by atoms with van der Waals surface area (Å²) in [6.45, 7) is 2.96. The second kappa shape index (κ2) is 2.90. The minimum absolute atomic E-state index is 0.275. The van der Waals surface area contributed by atoms with Gasteiger partial charge in [0.25, 0.3) is 0 Å². The minimum Gasteiger partial charge on any atom is -0.338 e. The maximum absolute atomic E-state index is 10.6. The molecule has 1 aliphatic rings. The van der Waals surface area contributed by atoms with E-state index in [2.05, 4.69) is 18.4 Å². The van der Waals surface area contributed by atoms with Gasteiger partial charge in [-0.05, 0) is 30.4 Å². The molecule has 2 heterocycles. The highest BCUT2D eigenvalue weighted by Gasteiger charge is 2.22. The third kappa shape index (κ3) is 1.05. The van der Waals surface area contributed by atoms with Crippen LogP contribution in [0.3, 0.4) is 0 Å². The molecular formula is C9H11NOS. The molecule has 0 aromatic carbocycles. The maximum atomic E-state index is 10.6. The van der Waals surface area contributed by atoms with Crippen molar-refractivity contribution in [2.24, 2.45) is 0 Å². The largest absolute Gasteiger partial charge is 0.338 e. The molecule has 1 aromatic heterocycles. The summed E-state index contributed by atoms with van der Waals surface area (Å²) < 4.78 is 0. The van der Waals surface area contributed by atoms with Crippen LogP contribution in [0.1, 0.15) is 23.4 Å². The van der Waals surface area contributed by atoms with Gasteiger partial charge in [-0.3, -0.25) is 4.79 Å². The number of hydrogen-bond donors (Lipinski definition) is 0. The molecule has 64 valence electrons. The third-order valence-electron chi connectivity index (χ3n) is 2.46. The Hall–Kier alpha value is -0.830. The van der Waals surface area contributed by atoms with Gasteiger partial charge in [0.1, 0.15) is 0 Å². The SMILES string of the molecule is CC1c2ccsc2CCN1C=O. The zero-order valence-electron chi connectivity index (χ0n) is 6.99. The molecule has 0 saturated heterocycles. The molecule has 0 radical (unpaired) electrons. The van der Waals surface area contributed by atoms with E-state index < -0.39 is 0 Å². The Morgan fingerprint density at radius 2 is 2.58 bits per heavy atom. The van der Waals surface area contributed by atoms with Crippen molar-refractivity contribution in [3.63, 3.8) is 0 Å². The number of amides is 1. The van der Waals surface area contributed by atoms with Gasteiger partial charge in [0, 0.05) is 11.4 Å². The number of fused-ring (bicyclic) bond motifs is 1. The summed E-state index contributed by atoms with van der Waals surface area (Å²) in [6, 6.07) is 2.40. The monoisotopic (exact) mass is 181 g/mol. The fraction of sp³-hybridized carbons (Fsp3) is 0.444. The second-order valence-corrected chi connectivity index (χ2v) is 4.07. The number of thiophene rings is 1. The smallest absolute Gasteiger partial charge is 0.210 e. The van der Waals surface area contributed by atoms with Crippen molar-refractivity contribution in [2.45, 2.75) is 19.4 Å². The first-order valence-corrected chi connectivity index (χ1v) is 4.98. The van der Waals surface area contributed by atoms with Gasteiger partial charge in [0.15, 0.2) is 0 Å². The molecule has 1 aliphatic heterocycles. The van der Waals surface area contributed by atoms with E-state index in [4.69, 9.17) is 0 Å². The molecule has 2 nitrogen and oxygen atoms in total. The van der Waals surface area contributed by atoms with Crippen molar-refractivity contribution in [3.8, 4) is 0 Å². The number of carbonyl (C=O) groups is 1. The summed E-state index contributed by atoms with van der Waals surface area (Å²) >= 11 is 1.80. The van der Waals surface area contributed by atoms with E-state index >= 15 is 0 Å². The van der Waals surface area contributed by atoms with E-state index in [1.165, 1.54) is 10.4 Å². The van der Waals surface area contributed by atoms with Crippen LogP contribution in [-0.2, 0) is 11.2 Å². The third-order valence-corrected chi connectivity index (χ3v) is 3.46. The first-order valence-electron chi connectivity index (χ1n) is 4.10. The molecule has 2 rings (SSSR count). The number of nitrogens with zero attached hydrogens (tertiary/aromatic N) is 1. The van der Waals surface area contributed by atoms with Crippen LogP contribution in [0.5, 0.6) is 0 Å². The average molecular weight is 181 g/mol. The van der Waals surface area contributed by atoms with Crippen LogP contribution in [0, 0.1) is 0 Å². The Bertz CT molecular complexity index is 294. The number of rotatable bonds is 1. The summed E-state index contributed by atoms with van der Waals surface area (Å²) in [7, 11) is 0. The van der Waals surface area contributed by atoms with Crippen molar-refractivity contribution >= 4 is 17.7 Å². The lowest BCUT2D eigenvalue weighted by Gasteiger charge is -2.29. The summed E-state index contributed by atoms with van der Waals surface area (Å²) in [5.74, 6) is 0. The van der Waals surface area contributed by atoms with E-state index in [0.29, 0.717) is 0 Å². The number of hydrogen-bond acceptors (Lipinski definition) is 2. The van der Waals surface area contributed by atoms with Crippen LogP contribution in [0.4, 0.5) is 0 Å². The van der Waals surface area contributed by atoms with Crippen molar-refractivity contribution < 1.29 is 4.79 Å². The lowest BCUT2D eigenvalue weighted by molar-refractivity contribution is -0.120. The van der Waals surface area contributed by atoms with Crippen LogP contribution in [0.25, 0.3) is 0 Å². The van der Waals surface area contributed by atoms with Gasteiger partial charge < -0.3 is 4.90 Å². The average Bonchev–Trinajstić information content (AvgIpc) is 2.53. The molecule has 1 amide bonds. The predicted molar refractivity (Wildman–Crippen MR) is 49.2 cm³/mol. The van der Waals surface area contributed by atoms with Gasteiger partial charge in [-0.25, -0.2) is 0 Å². The Morgan fingerprint density at radius 3 is 3.33 bits per heavy atom. The molecule has 0 aliphatic carbocycles. The van der Waals surface area contributed by atoms with E-state index in [9.17, 15) is 4.79 Å². The highest BCUT2D eigenvalue weighted by molar-refractivity contribution is 7.10. The summed E-state index contributed by atoms with van der Waals surface area (Å²) in [5, 5.41) is 2.11. The highest BCUT2D eigenvalue weighted by atomic mass is 32.1. The van der Waals surface area contributed by atoms with E-state index in [0.717, 1.165) is 19.4 Å². The molecule has 0 fully saturated rings. The molecule has 1 aromatic rings. The standard InChI is InChI=1S/C9H11NOS/c1-7-8-3-5-12-9(8)2-4-10(7)6-11/h3,5-7H,2,4H2,1H3. The van der Waals surface area contributed by atoms with Crippen LogP contribution in [-0.4, -0.2) is 17.9 Å². The molecule has 0 spiro atoms. The predicted octanol–water partition coefficient (Wildman–Crippen LogP) is 1.82. The van der Waals surface area contributed by atoms with Crippen molar-refractivity contribution in [2.75, 3.05) is 6.54 Å². The first-order chi connectivity index (χ1) is 5.83. The van der Waals surface area contributed by atoms with Crippen LogP contribution < -0.4 is 0 Å². The van der Waals surface area contributed by atoms with Crippen LogP contribution >= 0.6 is 11.3 Å². The first kappa shape index (κ1) is 7.80. The zero-order valence-corrected chi connectivity index (χ0v) is 7.80. The molecule has 3 heteroatoms. The normalized spacial score (nSPS) is 22.1. The van der Waals surface area contributed by atoms with Crippen molar-refractivity contribution in [3.05, 3.63) is 21.9 Å². The molecule has 0 N–H and O–H groups in total. The van der Waals surface area contributed by atoms with Crippen molar-refractivity contribution in [1.82, 2.24) is 4.90 Å². The molecule has 12 heavy (non-hydrogen) atoms. The van der Waals surface area contributed by atoms with Gasteiger partial charge in [0.2, 0.25) is 6.41 Å². The molecule has 1 atom stereocenters. The minimum atomic E-state index is 0.275. The Morgan fingerprint density at radius 1 is 1.75 bits per heavy atom.